The molecule has 10 nitrogen and oxygen atoms in total. The lowest BCUT2D eigenvalue weighted by Gasteiger charge is -2.32. The summed E-state index contributed by atoms with van der Waals surface area (Å²) in [4.78, 5) is 30.7. The Morgan fingerprint density at radius 1 is 1.24 bits per heavy atom. The number of hydrogen-bond acceptors (Lipinski definition) is 7. The van der Waals surface area contributed by atoms with Crippen molar-refractivity contribution in [3.63, 3.8) is 0 Å². The summed E-state index contributed by atoms with van der Waals surface area (Å²) in [7, 11) is 1.82. The molecule has 1 aliphatic carbocycles. The van der Waals surface area contributed by atoms with Gasteiger partial charge in [-0.1, -0.05) is 37.1 Å². The molecule has 3 aromatic rings. The van der Waals surface area contributed by atoms with Crippen LogP contribution in [0.2, 0.25) is 0 Å². The van der Waals surface area contributed by atoms with Crippen LogP contribution in [0.3, 0.4) is 0 Å². The van der Waals surface area contributed by atoms with E-state index in [1.165, 1.54) is 6.26 Å². The lowest BCUT2D eigenvalue weighted by atomic mass is 9.79. The molecular weight excluding hydrogens is 434 g/mol. The molecule has 0 bridgehead atoms. The zero-order chi connectivity index (χ0) is 24.2. The van der Waals surface area contributed by atoms with Crippen LogP contribution in [0, 0.1) is 18.8 Å². The van der Waals surface area contributed by atoms with Gasteiger partial charge in [0.1, 0.15) is 23.7 Å². The fourth-order valence-electron chi connectivity index (χ4n) is 4.60. The van der Waals surface area contributed by atoms with Crippen LogP contribution in [0.4, 0.5) is 5.82 Å². The number of amides is 2. The Bertz CT molecular complexity index is 1120. The number of rotatable bonds is 7. The van der Waals surface area contributed by atoms with Crippen LogP contribution in [0.1, 0.15) is 61.3 Å². The fourth-order valence-corrected chi connectivity index (χ4v) is 4.60. The molecule has 10 heteroatoms. The molecule has 2 amide bonds. The number of pyridine rings is 1. The number of aromatic nitrogens is 5. The summed E-state index contributed by atoms with van der Waals surface area (Å²) < 4.78 is 6.67. The maximum Gasteiger partial charge on any atom is 0.257 e. The molecule has 3 heterocycles. The molecule has 0 unspecified atom stereocenters. The summed E-state index contributed by atoms with van der Waals surface area (Å²) in [5.41, 5.74) is 3.47. The number of carbonyl (C=O) groups excluding carboxylic acids is 2. The van der Waals surface area contributed by atoms with Crippen molar-refractivity contribution < 1.29 is 14.1 Å². The smallest absolute Gasteiger partial charge is 0.257 e. The number of anilines is 1. The van der Waals surface area contributed by atoms with Crippen LogP contribution in [-0.4, -0.2) is 43.0 Å². The van der Waals surface area contributed by atoms with Crippen molar-refractivity contribution in [2.75, 3.05) is 5.32 Å². The van der Waals surface area contributed by atoms with Gasteiger partial charge in [-0.25, -0.2) is 9.67 Å². The SMILES string of the molecule is CCc1nocc1C(=O)N[C@H](C(=O)Nc1ccc(-c2c(C)nnn2C)cn1)[C@H]1CC[C@H](C)CC1. The zero-order valence-electron chi connectivity index (χ0n) is 20.0. The van der Waals surface area contributed by atoms with Crippen LogP contribution < -0.4 is 10.6 Å². The third-order valence-corrected chi connectivity index (χ3v) is 6.61. The predicted molar refractivity (Wildman–Crippen MR) is 126 cm³/mol. The van der Waals surface area contributed by atoms with Gasteiger partial charge < -0.3 is 15.2 Å². The minimum atomic E-state index is -0.676. The van der Waals surface area contributed by atoms with Gasteiger partial charge in [-0.15, -0.1) is 5.10 Å². The van der Waals surface area contributed by atoms with E-state index in [0.29, 0.717) is 29.4 Å². The Kier molecular flexibility index (Phi) is 7.04. The quantitative estimate of drug-likeness (QED) is 0.548. The van der Waals surface area contributed by atoms with Crippen molar-refractivity contribution in [1.29, 1.82) is 0 Å². The highest BCUT2D eigenvalue weighted by atomic mass is 16.5. The molecule has 3 aromatic heterocycles. The summed E-state index contributed by atoms with van der Waals surface area (Å²) in [5, 5.41) is 17.8. The van der Waals surface area contributed by atoms with Gasteiger partial charge in [0.15, 0.2) is 0 Å². The zero-order valence-corrected chi connectivity index (χ0v) is 20.0. The summed E-state index contributed by atoms with van der Waals surface area (Å²) in [6, 6.07) is 2.94. The van der Waals surface area contributed by atoms with Crippen molar-refractivity contribution in [1.82, 2.24) is 30.5 Å². The highest BCUT2D eigenvalue weighted by Crippen LogP contribution is 2.31. The lowest BCUT2D eigenvalue weighted by molar-refractivity contribution is -0.119. The number of carbonyl (C=O) groups is 2. The van der Waals surface area contributed by atoms with E-state index < -0.39 is 6.04 Å². The molecule has 4 rings (SSSR count). The van der Waals surface area contributed by atoms with E-state index in [-0.39, 0.29) is 17.7 Å². The summed E-state index contributed by atoms with van der Waals surface area (Å²) >= 11 is 0. The normalized spacial score (nSPS) is 18.9. The first-order chi connectivity index (χ1) is 16.4. The molecule has 0 aromatic carbocycles. The fraction of sp³-hybridized carbons (Fsp3) is 0.500. The largest absolute Gasteiger partial charge is 0.364 e. The van der Waals surface area contributed by atoms with Gasteiger partial charge in [-0.05, 0) is 50.2 Å². The van der Waals surface area contributed by atoms with E-state index in [9.17, 15) is 9.59 Å². The van der Waals surface area contributed by atoms with E-state index in [1.807, 2.05) is 27.0 Å². The molecule has 2 N–H and O–H groups in total. The van der Waals surface area contributed by atoms with Gasteiger partial charge in [0.25, 0.3) is 5.91 Å². The van der Waals surface area contributed by atoms with Crippen LogP contribution >= 0.6 is 0 Å². The number of nitrogens with one attached hydrogen (secondary N) is 2. The Morgan fingerprint density at radius 3 is 2.62 bits per heavy atom. The average Bonchev–Trinajstić information content (AvgIpc) is 3.45. The predicted octanol–water partition coefficient (Wildman–Crippen LogP) is 3.30. The second kappa shape index (κ2) is 10.1. The standard InChI is InChI=1S/C24H31N7O3/c1-5-19-18(13-34-29-19)23(32)27-21(16-8-6-14(2)7-9-16)24(33)26-20-11-10-17(12-25-20)22-15(3)28-30-31(22)4/h10-14,16,21H,5-9H2,1-4H3,(H,27,32)(H,25,26,33)/t14-,16-,21-/m0/s1. The van der Waals surface area contributed by atoms with E-state index in [2.05, 4.69) is 38.0 Å². The van der Waals surface area contributed by atoms with Crippen molar-refractivity contribution in [2.24, 2.45) is 18.9 Å². The van der Waals surface area contributed by atoms with Crippen molar-refractivity contribution in [3.05, 3.63) is 41.5 Å². The van der Waals surface area contributed by atoms with Crippen molar-refractivity contribution in [3.8, 4) is 11.3 Å². The highest BCUT2D eigenvalue weighted by Gasteiger charge is 2.33. The third-order valence-electron chi connectivity index (χ3n) is 6.61. The first kappa shape index (κ1) is 23.6. The van der Waals surface area contributed by atoms with Crippen LogP contribution in [-0.2, 0) is 18.3 Å². The topological polar surface area (TPSA) is 128 Å². The molecule has 180 valence electrons. The summed E-state index contributed by atoms with van der Waals surface area (Å²) in [5.74, 6) is 0.469. The number of aryl methyl sites for hydroxylation is 3. The van der Waals surface area contributed by atoms with Gasteiger partial charge in [0.2, 0.25) is 5.91 Å². The molecule has 1 fully saturated rings. The van der Waals surface area contributed by atoms with E-state index >= 15 is 0 Å². The molecule has 34 heavy (non-hydrogen) atoms. The lowest BCUT2D eigenvalue weighted by Crippen LogP contribution is -2.49. The second-order valence-electron chi connectivity index (χ2n) is 9.07. The maximum atomic E-state index is 13.3. The van der Waals surface area contributed by atoms with E-state index in [0.717, 1.165) is 42.6 Å². The average molecular weight is 466 g/mol. The molecule has 1 atom stereocenters. The van der Waals surface area contributed by atoms with Gasteiger partial charge in [0, 0.05) is 18.8 Å². The van der Waals surface area contributed by atoms with Gasteiger partial charge in [-0.2, -0.15) is 0 Å². The number of nitrogens with zero attached hydrogens (tertiary/aromatic N) is 5. The minimum absolute atomic E-state index is 0.0486. The molecular formula is C24H31N7O3. The highest BCUT2D eigenvalue weighted by molar-refractivity contribution is 6.01. The number of hydrogen-bond donors (Lipinski definition) is 2. The molecule has 1 saturated carbocycles. The Balaban J connectivity index is 1.51. The Labute approximate surface area is 198 Å². The van der Waals surface area contributed by atoms with Crippen molar-refractivity contribution >= 4 is 17.6 Å². The summed E-state index contributed by atoms with van der Waals surface area (Å²) in [6.07, 6.45) is 7.40. The Morgan fingerprint density at radius 2 is 2.00 bits per heavy atom. The Hall–Kier alpha value is -3.56. The minimum Gasteiger partial charge on any atom is -0.364 e. The molecule has 0 aliphatic heterocycles. The van der Waals surface area contributed by atoms with E-state index in [4.69, 9.17) is 4.52 Å². The first-order valence-corrected chi connectivity index (χ1v) is 11.7. The monoisotopic (exact) mass is 465 g/mol. The molecule has 1 aliphatic rings. The maximum absolute atomic E-state index is 13.3. The van der Waals surface area contributed by atoms with Gasteiger partial charge in [0.05, 0.1) is 17.1 Å². The first-order valence-electron chi connectivity index (χ1n) is 11.7. The van der Waals surface area contributed by atoms with Crippen LogP contribution in [0.15, 0.2) is 29.1 Å². The van der Waals surface area contributed by atoms with Gasteiger partial charge >= 0.3 is 0 Å². The summed E-state index contributed by atoms with van der Waals surface area (Å²) in [6.45, 7) is 6.01. The van der Waals surface area contributed by atoms with Crippen LogP contribution in [0.5, 0.6) is 0 Å². The van der Waals surface area contributed by atoms with Gasteiger partial charge in [-0.3, -0.25) is 9.59 Å². The van der Waals surface area contributed by atoms with E-state index in [1.54, 1.807) is 16.9 Å². The molecule has 0 spiro atoms. The second-order valence-corrected chi connectivity index (χ2v) is 9.07. The molecule has 0 radical (unpaired) electrons. The van der Waals surface area contributed by atoms with Crippen LogP contribution in [0.25, 0.3) is 11.3 Å². The molecule has 0 saturated heterocycles. The third kappa shape index (κ3) is 5.00. The van der Waals surface area contributed by atoms with Crippen molar-refractivity contribution in [2.45, 2.75) is 58.9 Å².